The van der Waals surface area contributed by atoms with E-state index >= 15 is 0 Å². The lowest BCUT2D eigenvalue weighted by Crippen LogP contribution is -2.38. The number of nitrogens with two attached hydrogens (primary N) is 1. The first kappa shape index (κ1) is 28.7. The highest BCUT2D eigenvalue weighted by molar-refractivity contribution is 6.31. The van der Waals surface area contributed by atoms with Crippen LogP contribution in [-0.4, -0.2) is 21.8 Å². The molecule has 0 aliphatic heterocycles. The molecule has 6 nitrogen and oxygen atoms in total. The topological polar surface area (TPSA) is 76.5 Å². The summed E-state index contributed by atoms with van der Waals surface area (Å²) in [6.45, 7) is 14.5. The summed E-state index contributed by atoms with van der Waals surface area (Å²) in [5.41, 5.74) is 9.40. The second-order valence-corrected chi connectivity index (χ2v) is 7.16. The Kier molecular flexibility index (Phi) is 13.0. The molecule has 0 atom stereocenters. The molecule has 1 aromatic heterocycles. The lowest BCUT2D eigenvalue weighted by Gasteiger charge is -2.23. The lowest BCUT2D eigenvalue weighted by atomic mass is 10.2. The standard InChI is InChI=1S/C23H24ClN5O.2C2H6/c1-3-13-28-16-26-22(21(28)15-30)29(14-18-9-5-4-6-10-18)23(25)27-20-12-8-7-11-19(24)17(20)2;2*1-2/h3-7,9-12,15-16H,1,8,13-14H2,2H3,(H2,25,27);2*1-2H3. The number of aldehydes is 1. The third-order valence-electron chi connectivity index (χ3n) is 4.70. The highest BCUT2D eigenvalue weighted by atomic mass is 35.5. The second kappa shape index (κ2) is 15.5. The van der Waals surface area contributed by atoms with E-state index < -0.39 is 0 Å². The van der Waals surface area contributed by atoms with Gasteiger partial charge in [-0.1, -0.05) is 87.9 Å². The van der Waals surface area contributed by atoms with Gasteiger partial charge in [-0.05, 0) is 30.6 Å². The number of allylic oxidation sites excluding steroid dienone is 6. The number of hydrogen-bond acceptors (Lipinski definition) is 3. The molecule has 0 unspecified atom stereocenters. The fraction of sp³-hybridized carbons (Fsp3) is 0.296. The zero-order valence-corrected chi connectivity index (χ0v) is 21.6. The van der Waals surface area contributed by atoms with Crippen LogP contribution >= 0.6 is 11.6 Å². The van der Waals surface area contributed by atoms with Crippen molar-refractivity contribution in [1.29, 1.82) is 0 Å². The van der Waals surface area contributed by atoms with Gasteiger partial charge < -0.3 is 10.3 Å². The minimum atomic E-state index is 0.225. The van der Waals surface area contributed by atoms with E-state index in [4.69, 9.17) is 17.3 Å². The van der Waals surface area contributed by atoms with E-state index in [9.17, 15) is 4.79 Å². The molecule has 0 saturated heterocycles. The number of guanidine groups is 1. The van der Waals surface area contributed by atoms with E-state index in [1.54, 1.807) is 21.9 Å². The molecule has 2 aromatic rings. The van der Waals surface area contributed by atoms with Crippen molar-refractivity contribution in [1.82, 2.24) is 9.55 Å². The molecule has 1 heterocycles. The Labute approximate surface area is 208 Å². The molecule has 1 aliphatic rings. The number of rotatable bonds is 7. The predicted octanol–water partition coefficient (Wildman–Crippen LogP) is 6.61. The summed E-state index contributed by atoms with van der Waals surface area (Å²) in [7, 11) is 0. The van der Waals surface area contributed by atoms with Crippen molar-refractivity contribution in [2.75, 3.05) is 4.90 Å². The van der Waals surface area contributed by atoms with Crippen molar-refractivity contribution in [3.05, 3.63) is 95.1 Å². The second-order valence-electron chi connectivity index (χ2n) is 6.75. The molecule has 0 saturated carbocycles. The Balaban J connectivity index is 0.00000137. The number of halogens is 1. The molecule has 3 rings (SSSR count). The average Bonchev–Trinajstić information content (AvgIpc) is 3.21. The highest BCUT2D eigenvalue weighted by Crippen LogP contribution is 2.25. The number of aliphatic imine (C=N–C) groups is 1. The van der Waals surface area contributed by atoms with Crippen LogP contribution in [0.1, 0.15) is 57.1 Å². The van der Waals surface area contributed by atoms with Gasteiger partial charge in [0.15, 0.2) is 12.1 Å². The normalized spacial score (nSPS) is 13.0. The molecule has 2 N–H and O–H groups in total. The highest BCUT2D eigenvalue weighted by Gasteiger charge is 2.21. The maximum atomic E-state index is 11.8. The quantitative estimate of drug-likeness (QED) is 0.209. The van der Waals surface area contributed by atoms with E-state index in [1.807, 2.05) is 83.2 Å². The molecule has 0 radical (unpaired) electrons. The van der Waals surface area contributed by atoms with E-state index in [1.165, 1.54) is 0 Å². The van der Waals surface area contributed by atoms with Gasteiger partial charge in [0.25, 0.3) is 0 Å². The SMILES string of the molecule is C=CCn1cnc(N(Cc2ccccc2)C(N)=NC2=CCC=CC(Cl)=C2C)c1C=O.CC.CC. The van der Waals surface area contributed by atoms with Crippen LogP contribution in [0.4, 0.5) is 5.82 Å². The first-order chi connectivity index (χ1) is 16.5. The first-order valence-corrected chi connectivity index (χ1v) is 11.9. The van der Waals surface area contributed by atoms with Gasteiger partial charge in [0.1, 0.15) is 5.69 Å². The van der Waals surface area contributed by atoms with Crippen molar-refractivity contribution in [3.63, 3.8) is 0 Å². The molecule has 34 heavy (non-hydrogen) atoms. The predicted molar refractivity (Wildman–Crippen MR) is 145 cm³/mol. The maximum absolute atomic E-state index is 11.8. The molecule has 0 amide bonds. The Morgan fingerprint density at radius 3 is 2.56 bits per heavy atom. The van der Waals surface area contributed by atoms with Crippen LogP contribution in [0.5, 0.6) is 0 Å². The van der Waals surface area contributed by atoms with E-state index in [-0.39, 0.29) is 5.96 Å². The molecular formula is C27H36ClN5O. The fourth-order valence-electron chi connectivity index (χ4n) is 3.09. The molecule has 7 heteroatoms. The van der Waals surface area contributed by atoms with Crippen molar-refractivity contribution in [2.45, 2.75) is 54.1 Å². The van der Waals surface area contributed by atoms with Gasteiger partial charge in [0.2, 0.25) is 5.96 Å². The van der Waals surface area contributed by atoms with Crippen molar-refractivity contribution < 1.29 is 4.79 Å². The third-order valence-corrected chi connectivity index (χ3v) is 5.11. The number of hydrogen-bond donors (Lipinski definition) is 1. The number of nitrogens with zero attached hydrogens (tertiary/aromatic N) is 4. The van der Waals surface area contributed by atoms with Crippen molar-refractivity contribution >= 4 is 29.7 Å². The molecule has 182 valence electrons. The molecule has 1 aromatic carbocycles. The Morgan fingerprint density at radius 1 is 1.26 bits per heavy atom. The van der Waals surface area contributed by atoms with Crippen molar-refractivity contribution in [3.8, 4) is 0 Å². The van der Waals surface area contributed by atoms with Gasteiger partial charge in [0.05, 0.1) is 18.6 Å². The van der Waals surface area contributed by atoms with E-state index in [0.29, 0.717) is 41.8 Å². The van der Waals surface area contributed by atoms with Crippen LogP contribution in [0.3, 0.4) is 0 Å². The van der Waals surface area contributed by atoms with E-state index in [2.05, 4.69) is 16.6 Å². The summed E-state index contributed by atoms with van der Waals surface area (Å²) in [5, 5.41) is 0.619. The largest absolute Gasteiger partial charge is 0.369 e. The van der Waals surface area contributed by atoms with Crippen LogP contribution in [0.2, 0.25) is 0 Å². The number of aromatic nitrogens is 2. The molecule has 0 fully saturated rings. The fourth-order valence-corrected chi connectivity index (χ4v) is 3.28. The average molecular weight is 482 g/mol. The van der Waals surface area contributed by atoms with Gasteiger partial charge in [0, 0.05) is 11.6 Å². The van der Waals surface area contributed by atoms with Crippen LogP contribution in [0.15, 0.2) is 88.8 Å². The molecule has 0 bridgehead atoms. The minimum absolute atomic E-state index is 0.225. The van der Waals surface area contributed by atoms with E-state index in [0.717, 1.165) is 17.4 Å². The Bertz CT molecular complexity index is 1050. The Hall–Kier alpha value is -3.38. The lowest BCUT2D eigenvalue weighted by molar-refractivity contribution is 0.111. The van der Waals surface area contributed by atoms with Crippen LogP contribution < -0.4 is 10.6 Å². The summed E-state index contributed by atoms with van der Waals surface area (Å²) in [4.78, 5) is 22.7. The summed E-state index contributed by atoms with van der Waals surface area (Å²) >= 11 is 6.32. The monoisotopic (exact) mass is 481 g/mol. The van der Waals surface area contributed by atoms with Crippen molar-refractivity contribution in [2.24, 2.45) is 10.7 Å². The van der Waals surface area contributed by atoms with Gasteiger partial charge in [-0.25, -0.2) is 9.98 Å². The summed E-state index contributed by atoms with van der Waals surface area (Å²) in [6, 6.07) is 9.81. The number of anilines is 1. The van der Waals surface area contributed by atoms with Gasteiger partial charge in [-0.3, -0.25) is 9.69 Å². The maximum Gasteiger partial charge on any atom is 0.202 e. The number of carbonyl (C=O) groups is 1. The van der Waals surface area contributed by atoms with Gasteiger partial charge in [-0.15, -0.1) is 6.58 Å². The molecular weight excluding hydrogens is 446 g/mol. The zero-order chi connectivity index (χ0) is 25.5. The van der Waals surface area contributed by atoms with Gasteiger partial charge >= 0.3 is 0 Å². The van der Waals surface area contributed by atoms with Crippen LogP contribution in [0.25, 0.3) is 0 Å². The molecule has 0 spiro atoms. The third kappa shape index (κ3) is 7.59. The molecule has 1 aliphatic carbocycles. The van der Waals surface area contributed by atoms with Crippen LogP contribution in [-0.2, 0) is 13.1 Å². The number of carbonyl (C=O) groups excluding carboxylic acids is 1. The summed E-state index contributed by atoms with van der Waals surface area (Å²) in [5.74, 6) is 0.666. The zero-order valence-electron chi connectivity index (χ0n) is 20.8. The number of imidazole rings is 1. The number of benzene rings is 1. The van der Waals surface area contributed by atoms with Gasteiger partial charge in [-0.2, -0.15) is 0 Å². The van der Waals surface area contributed by atoms with Crippen LogP contribution in [0, 0.1) is 0 Å². The minimum Gasteiger partial charge on any atom is -0.369 e. The Morgan fingerprint density at radius 2 is 1.94 bits per heavy atom. The summed E-state index contributed by atoms with van der Waals surface area (Å²) < 4.78 is 1.72. The summed E-state index contributed by atoms with van der Waals surface area (Å²) in [6.07, 6.45) is 10.6. The smallest absolute Gasteiger partial charge is 0.202 e. The first-order valence-electron chi connectivity index (χ1n) is 11.6.